The molecule has 158 valence electrons. The largest absolute Gasteiger partial charge is 0.366 e. The fraction of sp³-hybridized carbons (Fsp3) is 0.130. The molecule has 2 amide bonds. The number of nitrogens with zero attached hydrogens (tertiary/aromatic N) is 5. The van der Waals surface area contributed by atoms with Crippen LogP contribution in [0.2, 0.25) is 0 Å². The van der Waals surface area contributed by atoms with Crippen molar-refractivity contribution >= 4 is 22.7 Å². The molecule has 0 saturated heterocycles. The number of carbonyl (C=O) groups excluding carboxylic acids is 2. The Morgan fingerprint density at radius 3 is 2.53 bits per heavy atom. The molecular weight excluding hydrogens is 406 g/mol. The predicted octanol–water partition coefficient (Wildman–Crippen LogP) is 2.23. The molecule has 9 heteroatoms. The summed E-state index contributed by atoms with van der Waals surface area (Å²) < 4.78 is 1.70. The van der Waals surface area contributed by atoms with E-state index in [-0.39, 0.29) is 16.8 Å². The van der Waals surface area contributed by atoms with Crippen LogP contribution in [0, 0.1) is 25.2 Å². The first-order chi connectivity index (χ1) is 15.3. The van der Waals surface area contributed by atoms with E-state index in [1.165, 1.54) is 6.20 Å². The number of aromatic nitrogens is 4. The Hall–Kier alpha value is -4.58. The summed E-state index contributed by atoms with van der Waals surface area (Å²) >= 11 is 0. The molecule has 3 aromatic heterocycles. The van der Waals surface area contributed by atoms with Gasteiger partial charge in [-0.1, -0.05) is 18.2 Å². The lowest BCUT2D eigenvalue weighted by atomic mass is 9.92. The van der Waals surface area contributed by atoms with Crippen LogP contribution in [0.4, 0.5) is 0 Å². The molecule has 0 unspecified atom stereocenters. The highest BCUT2D eigenvalue weighted by molar-refractivity contribution is 6.15. The third-order valence-corrected chi connectivity index (χ3v) is 5.36. The highest BCUT2D eigenvalue weighted by atomic mass is 16.1. The van der Waals surface area contributed by atoms with E-state index < -0.39 is 11.8 Å². The number of aryl methyl sites for hydroxylation is 1. The zero-order valence-corrected chi connectivity index (χ0v) is 17.5. The number of carbonyl (C=O) groups is 2. The molecule has 0 aliphatic carbocycles. The van der Waals surface area contributed by atoms with Crippen molar-refractivity contribution in [2.45, 2.75) is 20.4 Å². The summed E-state index contributed by atoms with van der Waals surface area (Å²) in [5, 5.41) is 14.5. The SMILES string of the molecule is Cc1nn(Cc2ccncc2C#N)c(C)c1-c1c(C(N)=O)nc2ccccc2c1C(N)=O. The standard InChI is InChI=1S/C23H19N7O2/c1-12-18(13(2)30(29-12)11-14-7-8-27-10-15(14)9-24)20-19(22(25)31)16-5-3-4-6-17(16)28-21(20)23(26)32/h3-8,10H,11H2,1-2H3,(H2,25,31)(H2,26,32). The first-order valence-corrected chi connectivity index (χ1v) is 9.73. The first-order valence-electron chi connectivity index (χ1n) is 9.73. The third-order valence-electron chi connectivity index (χ3n) is 5.36. The molecule has 4 rings (SSSR count). The Kier molecular flexibility index (Phi) is 5.12. The monoisotopic (exact) mass is 425 g/mol. The van der Waals surface area contributed by atoms with Crippen LogP contribution >= 0.6 is 0 Å². The average Bonchev–Trinajstić information content (AvgIpc) is 3.05. The Morgan fingerprint density at radius 2 is 1.84 bits per heavy atom. The molecule has 0 aliphatic heterocycles. The van der Waals surface area contributed by atoms with Crippen LogP contribution in [0.15, 0.2) is 42.7 Å². The maximum atomic E-state index is 12.6. The first kappa shape index (κ1) is 20.7. The van der Waals surface area contributed by atoms with E-state index in [1.54, 1.807) is 48.1 Å². The molecule has 0 saturated carbocycles. The van der Waals surface area contributed by atoms with E-state index in [1.807, 2.05) is 6.92 Å². The summed E-state index contributed by atoms with van der Waals surface area (Å²) in [5.74, 6) is -1.48. The third kappa shape index (κ3) is 3.33. The molecule has 0 bridgehead atoms. The van der Waals surface area contributed by atoms with Gasteiger partial charge >= 0.3 is 0 Å². The van der Waals surface area contributed by atoms with Gasteiger partial charge in [0.2, 0.25) is 5.91 Å². The van der Waals surface area contributed by atoms with Gasteiger partial charge < -0.3 is 11.5 Å². The van der Waals surface area contributed by atoms with Crippen molar-refractivity contribution in [3.05, 3.63) is 76.5 Å². The van der Waals surface area contributed by atoms with E-state index in [0.717, 1.165) is 5.56 Å². The topological polar surface area (TPSA) is 154 Å². The van der Waals surface area contributed by atoms with Crippen LogP contribution in [0.3, 0.4) is 0 Å². The summed E-state index contributed by atoms with van der Waals surface area (Å²) in [6, 6.07) is 10.8. The maximum Gasteiger partial charge on any atom is 0.267 e. The van der Waals surface area contributed by atoms with Crippen molar-refractivity contribution in [3.63, 3.8) is 0 Å². The highest BCUT2D eigenvalue weighted by Crippen LogP contribution is 2.36. The number of amides is 2. The minimum Gasteiger partial charge on any atom is -0.366 e. The zero-order valence-electron chi connectivity index (χ0n) is 17.5. The molecule has 0 atom stereocenters. The Balaban J connectivity index is 2.01. The number of hydrogen-bond acceptors (Lipinski definition) is 6. The van der Waals surface area contributed by atoms with Crippen LogP contribution in [-0.2, 0) is 6.54 Å². The summed E-state index contributed by atoms with van der Waals surface area (Å²) in [7, 11) is 0. The molecule has 4 N–H and O–H groups in total. The summed E-state index contributed by atoms with van der Waals surface area (Å²) in [6.45, 7) is 3.88. The molecule has 1 aromatic carbocycles. The maximum absolute atomic E-state index is 12.6. The van der Waals surface area contributed by atoms with E-state index in [2.05, 4.69) is 21.1 Å². The number of nitriles is 1. The minimum atomic E-state index is -0.777. The number of pyridine rings is 2. The van der Waals surface area contributed by atoms with Crippen molar-refractivity contribution in [2.75, 3.05) is 0 Å². The molecule has 4 aromatic rings. The van der Waals surface area contributed by atoms with Gasteiger partial charge in [-0.15, -0.1) is 0 Å². The van der Waals surface area contributed by atoms with Crippen LogP contribution < -0.4 is 11.5 Å². The van der Waals surface area contributed by atoms with Gasteiger partial charge in [-0.2, -0.15) is 10.4 Å². The smallest absolute Gasteiger partial charge is 0.267 e. The number of para-hydroxylation sites is 1. The molecule has 0 fully saturated rings. The predicted molar refractivity (Wildman–Crippen MR) is 118 cm³/mol. The van der Waals surface area contributed by atoms with Gasteiger partial charge in [0.15, 0.2) is 0 Å². The molecule has 0 aliphatic rings. The fourth-order valence-corrected chi connectivity index (χ4v) is 3.93. The lowest BCUT2D eigenvalue weighted by Crippen LogP contribution is -2.21. The quantitative estimate of drug-likeness (QED) is 0.500. The van der Waals surface area contributed by atoms with Gasteiger partial charge in [0.25, 0.3) is 5.91 Å². The number of primary amides is 2. The van der Waals surface area contributed by atoms with Crippen LogP contribution in [0.25, 0.3) is 22.0 Å². The van der Waals surface area contributed by atoms with Crippen molar-refractivity contribution in [1.82, 2.24) is 19.7 Å². The van der Waals surface area contributed by atoms with Crippen molar-refractivity contribution < 1.29 is 9.59 Å². The Morgan fingerprint density at radius 1 is 1.09 bits per heavy atom. The number of hydrogen-bond donors (Lipinski definition) is 2. The van der Waals surface area contributed by atoms with E-state index in [0.29, 0.717) is 40.0 Å². The van der Waals surface area contributed by atoms with Crippen LogP contribution in [0.5, 0.6) is 0 Å². The second kappa shape index (κ2) is 7.92. The molecule has 3 heterocycles. The van der Waals surface area contributed by atoms with E-state index in [4.69, 9.17) is 11.5 Å². The van der Waals surface area contributed by atoms with Crippen molar-refractivity contribution in [1.29, 1.82) is 5.26 Å². The summed E-state index contributed by atoms with van der Waals surface area (Å²) in [6.07, 6.45) is 3.10. The van der Waals surface area contributed by atoms with Crippen molar-refractivity contribution in [2.24, 2.45) is 11.5 Å². The van der Waals surface area contributed by atoms with E-state index >= 15 is 0 Å². The summed E-state index contributed by atoms with van der Waals surface area (Å²) in [5.41, 5.74) is 15.2. The van der Waals surface area contributed by atoms with Gasteiger partial charge in [-0.25, -0.2) is 4.98 Å². The van der Waals surface area contributed by atoms with Gasteiger partial charge in [0.05, 0.1) is 28.9 Å². The number of fused-ring (bicyclic) bond motifs is 1. The normalized spacial score (nSPS) is 10.8. The molecule has 0 radical (unpaired) electrons. The number of nitrogens with two attached hydrogens (primary N) is 2. The summed E-state index contributed by atoms with van der Waals surface area (Å²) in [4.78, 5) is 33.3. The minimum absolute atomic E-state index is 0.0510. The lowest BCUT2D eigenvalue weighted by Gasteiger charge is -2.15. The Bertz CT molecular complexity index is 1450. The molecule has 9 nitrogen and oxygen atoms in total. The number of benzene rings is 1. The second-order valence-electron chi connectivity index (χ2n) is 7.30. The van der Waals surface area contributed by atoms with E-state index in [9.17, 15) is 14.9 Å². The highest BCUT2D eigenvalue weighted by Gasteiger charge is 2.27. The molecule has 0 spiro atoms. The average molecular weight is 425 g/mol. The van der Waals surface area contributed by atoms with Gasteiger partial charge in [0, 0.05) is 34.6 Å². The van der Waals surface area contributed by atoms with Gasteiger partial charge in [-0.3, -0.25) is 19.3 Å². The fourth-order valence-electron chi connectivity index (χ4n) is 3.93. The lowest BCUT2D eigenvalue weighted by molar-refractivity contribution is 0.0996. The molecular formula is C23H19N7O2. The zero-order chi connectivity index (χ0) is 23.0. The Labute approximate surface area is 183 Å². The second-order valence-corrected chi connectivity index (χ2v) is 7.30. The molecule has 32 heavy (non-hydrogen) atoms. The van der Waals surface area contributed by atoms with Crippen LogP contribution in [0.1, 0.15) is 43.4 Å². The van der Waals surface area contributed by atoms with Crippen LogP contribution in [-0.4, -0.2) is 31.6 Å². The number of rotatable bonds is 5. The van der Waals surface area contributed by atoms with Gasteiger partial charge in [-0.05, 0) is 31.5 Å². The van der Waals surface area contributed by atoms with Gasteiger partial charge in [0.1, 0.15) is 11.8 Å². The van der Waals surface area contributed by atoms with Crippen molar-refractivity contribution in [3.8, 4) is 17.2 Å².